The number of rotatable bonds is 2. The lowest BCUT2D eigenvalue weighted by Crippen LogP contribution is -2.32. The molecule has 0 radical (unpaired) electrons. The van der Waals surface area contributed by atoms with E-state index < -0.39 is 12.1 Å². The number of urea groups is 1. The quantitative estimate of drug-likeness (QED) is 0.824. The highest BCUT2D eigenvalue weighted by Crippen LogP contribution is 2.42. The molecule has 0 spiro atoms. The molecule has 2 aromatic carbocycles. The first kappa shape index (κ1) is 16.6. The molecule has 1 aliphatic carbocycles. The van der Waals surface area contributed by atoms with Crippen LogP contribution in [-0.4, -0.2) is 12.0 Å². The minimum Gasteiger partial charge on any atom is -0.457 e. The summed E-state index contributed by atoms with van der Waals surface area (Å²) in [5.41, 5.74) is 8.86. The minimum absolute atomic E-state index is 0.00657. The van der Waals surface area contributed by atoms with Gasteiger partial charge in [0.1, 0.15) is 6.10 Å². The van der Waals surface area contributed by atoms with Crippen molar-refractivity contribution in [3.63, 3.8) is 0 Å². The van der Waals surface area contributed by atoms with E-state index in [1.807, 2.05) is 48.5 Å². The van der Waals surface area contributed by atoms with E-state index in [1.165, 1.54) is 4.90 Å². The molecule has 2 amide bonds. The van der Waals surface area contributed by atoms with E-state index in [-0.39, 0.29) is 11.9 Å². The van der Waals surface area contributed by atoms with Gasteiger partial charge in [-0.15, -0.1) is 0 Å². The number of hydrogen-bond acceptors (Lipinski definition) is 3. The Kier molecular flexibility index (Phi) is 4.37. The van der Waals surface area contributed by atoms with Crippen molar-refractivity contribution in [2.24, 2.45) is 11.7 Å². The van der Waals surface area contributed by atoms with Crippen molar-refractivity contribution in [3.05, 3.63) is 59.7 Å². The maximum absolute atomic E-state index is 12.6. The number of hydrogen-bond donors (Lipinski definition) is 1. The van der Waals surface area contributed by atoms with Gasteiger partial charge in [-0.05, 0) is 30.5 Å². The average Bonchev–Trinajstić information content (AvgIpc) is 3.13. The molecule has 26 heavy (non-hydrogen) atoms. The summed E-state index contributed by atoms with van der Waals surface area (Å²) >= 11 is 0. The second-order valence-electron chi connectivity index (χ2n) is 6.97. The summed E-state index contributed by atoms with van der Waals surface area (Å²) in [5.74, 6) is -0.139. The highest BCUT2D eigenvalue weighted by atomic mass is 16.5. The van der Waals surface area contributed by atoms with Crippen molar-refractivity contribution < 1.29 is 14.3 Å². The molecule has 1 heterocycles. The second kappa shape index (κ2) is 6.83. The van der Waals surface area contributed by atoms with Crippen molar-refractivity contribution in [2.75, 3.05) is 4.90 Å². The maximum Gasteiger partial charge on any atom is 0.323 e. The van der Waals surface area contributed by atoms with E-state index in [1.54, 1.807) is 0 Å². The largest absolute Gasteiger partial charge is 0.457 e. The van der Waals surface area contributed by atoms with Crippen LogP contribution in [0.3, 0.4) is 0 Å². The van der Waals surface area contributed by atoms with Crippen LogP contribution in [0.4, 0.5) is 16.2 Å². The van der Waals surface area contributed by atoms with E-state index in [9.17, 15) is 9.59 Å². The molecule has 2 N–H and O–H groups in total. The van der Waals surface area contributed by atoms with E-state index in [0.29, 0.717) is 12.1 Å². The van der Waals surface area contributed by atoms with Gasteiger partial charge in [-0.25, -0.2) is 4.79 Å². The van der Waals surface area contributed by atoms with Crippen molar-refractivity contribution >= 4 is 23.4 Å². The molecule has 134 valence electrons. The smallest absolute Gasteiger partial charge is 0.323 e. The van der Waals surface area contributed by atoms with Crippen molar-refractivity contribution in [1.29, 1.82) is 0 Å². The molecule has 1 atom stereocenters. The number of anilines is 2. The van der Waals surface area contributed by atoms with Crippen LogP contribution in [0.25, 0.3) is 0 Å². The van der Waals surface area contributed by atoms with Crippen molar-refractivity contribution in [2.45, 2.75) is 38.2 Å². The number of esters is 1. The molecular weight excluding hydrogens is 328 g/mol. The first-order valence-electron chi connectivity index (χ1n) is 9.12. The molecule has 1 saturated carbocycles. The normalized spacial score (nSPS) is 19.4. The Morgan fingerprint density at radius 2 is 1.62 bits per heavy atom. The van der Waals surface area contributed by atoms with Gasteiger partial charge in [0.2, 0.25) is 0 Å². The van der Waals surface area contributed by atoms with Gasteiger partial charge in [-0.1, -0.05) is 49.2 Å². The van der Waals surface area contributed by atoms with Gasteiger partial charge in [-0.3, -0.25) is 9.69 Å². The second-order valence-corrected chi connectivity index (χ2v) is 6.97. The average molecular weight is 350 g/mol. The fourth-order valence-corrected chi connectivity index (χ4v) is 4.05. The number of nitrogens with two attached hydrogens (primary N) is 1. The zero-order chi connectivity index (χ0) is 18.1. The SMILES string of the molecule is NC(=O)N1c2ccccc2C[C@@H](OC(=O)C2CCCC2)c2ccccc21. The molecule has 1 fully saturated rings. The lowest BCUT2D eigenvalue weighted by molar-refractivity contribution is -0.154. The number of carbonyl (C=O) groups is 2. The van der Waals surface area contributed by atoms with Crippen molar-refractivity contribution in [1.82, 2.24) is 0 Å². The Morgan fingerprint density at radius 1 is 0.962 bits per heavy atom. The molecule has 2 aromatic rings. The summed E-state index contributed by atoms with van der Waals surface area (Å²) in [4.78, 5) is 26.4. The van der Waals surface area contributed by atoms with Crippen LogP contribution in [0.2, 0.25) is 0 Å². The first-order valence-corrected chi connectivity index (χ1v) is 9.12. The molecule has 0 bridgehead atoms. The third-order valence-electron chi connectivity index (χ3n) is 5.33. The van der Waals surface area contributed by atoms with Crippen LogP contribution in [0.5, 0.6) is 0 Å². The predicted molar refractivity (Wildman–Crippen MR) is 99.1 cm³/mol. The number of para-hydroxylation sites is 2. The topological polar surface area (TPSA) is 72.6 Å². The van der Waals surface area contributed by atoms with Gasteiger partial charge in [0.15, 0.2) is 0 Å². The third-order valence-corrected chi connectivity index (χ3v) is 5.33. The van der Waals surface area contributed by atoms with Crippen LogP contribution >= 0.6 is 0 Å². The van der Waals surface area contributed by atoms with Crippen molar-refractivity contribution in [3.8, 4) is 0 Å². The van der Waals surface area contributed by atoms with Gasteiger partial charge in [0, 0.05) is 12.0 Å². The molecule has 0 saturated heterocycles. The van der Waals surface area contributed by atoms with E-state index in [4.69, 9.17) is 10.5 Å². The van der Waals surface area contributed by atoms with E-state index in [2.05, 4.69) is 0 Å². The van der Waals surface area contributed by atoms with Gasteiger partial charge in [-0.2, -0.15) is 0 Å². The van der Waals surface area contributed by atoms with Gasteiger partial charge in [0.05, 0.1) is 17.3 Å². The summed E-state index contributed by atoms with van der Waals surface area (Å²) in [5, 5.41) is 0. The summed E-state index contributed by atoms with van der Waals surface area (Å²) in [7, 11) is 0. The molecule has 0 aromatic heterocycles. The van der Waals surface area contributed by atoms with Crippen LogP contribution in [0, 0.1) is 5.92 Å². The summed E-state index contributed by atoms with van der Waals surface area (Å²) in [6.07, 6.45) is 4.06. The van der Waals surface area contributed by atoms with Gasteiger partial charge in [0.25, 0.3) is 0 Å². The highest BCUT2D eigenvalue weighted by molar-refractivity contribution is 6.00. The standard InChI is InChI=1S/C21H22N2O3/c22-21(25)23-17-11-5-3-9-15(17)13-19(16-10-4-6-12-18(16)23)26-20(24)14-7-1-2-8-14/h3-6,9-12,14,19H,1-2,7-8,13H2,(H2,22,25)/t19-/m1/s1. The number of benzene rings is 2. The fourth-order valence-electron chi connectivity index (χ4n) is 4.05. The van der Waals surface area contributed by atoms with Gasteiger partial charge < -0.3 is 10.5 Å². The maximum atomic E-state index is 12.6. The third kappa shape index (κ3) is 2.94. The van der Waals surface area contributed by atoms with Crippen LogP contribution in [0.1, 0.15) is 42.9 Å². The zero-order valence-corrected chi connectivity index (χ0v) is 14.6. The van der Waals surface area contributed by atoms with Crippen LogP contribution < -0.4 is 10.6 Å². The Balaban J connectivity index is 1.76. The number of carbonyl (C=O) groups excluding carboxylic acids is 2. The molecule has 4 rings (SSSR count). The van der Waals surface area contributed by atoms with E-state index in [0.717, 1.165) is 42.5 Å². The molecular formula is C21H22N2O3. The predicted octanol–water partition coefficient (Wildman–Crippen LogP) is 4.23. The summed E-state index contributed by atoms with van der Waals surface area (Å²) in [6.45, 7) is 0. The summed E-state index contributed by atoms with van der Waals surface area (Å²) < 4.78 is 5.95. The monoisotopic (exact) mass is 350 g/mol. The molecule has 1 aliphatic heterocycles. The lowest BCUT2D eigenvalue weighted by atomic mass is 10.0. The fraction of sp³-hybridized carbons (Fsp3) is 0.333. The lowest BCUT2D eigenvalue weighted by Gasteiger charge is -2.23. The van der Waals surface area contributed by atoms with Gasteiger partial charge >= 0.3 is 12.0 Å². The number of nitrogens with zero attached hydrogens (tertiary/aromatic N) is 1. The molecule has 5 nitrogen and oxygen atoms in total. The molecule has 5 heteroatoms. The zero-order valence-electron chi connectivity index (χ0n) is 14.6. The number of ether oxygens (including phenoxy) is 1. The Hall–Kier alpha value is -2.82. The first-order chi connectivity index (χ1) is 12.6. The number of fused-ring (bicyclic) bond motifs is 2. The molecule has 2 aliphatic rings. The Morgan fingerprint density at radius 3 is 2.35 bits per heavy atom. The Labute approximate surface area is 152 Å². The number of amides is 2. The minimum atomic E-state index is -0.548. The highest BCUT2D eigenvalue weighted by Gasteiger charge is 2.33. The van der Waals surface area contributed by atoms with Crippen LogP contribution in [0.15, 0.2) is 48.5 Å². The Bertz CT molecular complexity index is 843. The number of primary amides is 1. The molecule has 0 unspecified atom stereocenters. The van der Waals surface area contributed by atoms with E-state index >= 15 is 0 Å². The van der Waals surface area contributed by atoms with Crippen LogP contribution in [-0.2, 0) is 16.0 Å². The summed E-state index contributed by atoms with van der Waals surface area (Å²) in [6, 6.07) is 14.6.